The summed E-state index contributed by atoms with van der Waals surface area (Å²) in [6.07, 6.45) is 49.4. The van der Waals surface area contributed by atoms with Crippen LogP contribution in [0.1, 0.15) is 299 Å². The van der Waals surface area contributed by atoms with Gasteiger partial charge in [0.25, 0.3) is 0 Å². The number of ketones is 1. The van der Waals surface area contributed by atoms with Crippen molar-refractivity contribution in [3.8, 4) is 0 Å². The number of carbonyl (C=O) groups is 2. The highest BCUT2D eigenvalue weighted by Crippen LogP contribution is 2.34. The fourth-order valence-corrected chi connectivity index (χ4v) is 9.26. The maximum atomic E-state index is 12.7. The lowest BCUT2D eigenvalue weighted by atomic mass is 10.0. The molecule has 2 rings (SSSR count). The number of hydrogen-bond acceptors (Lipinski definition) is 8. The molecule has 0 spiro atoms. The smallest absolute Gasteiger partial charge is 0.306 e. The Morgan fingerprint density at radius 2 is 1.15 bits per heavy atom. The van der Waals surface area contributed by atoms with Gasteiger partial charge in [0, 0.05) is 38.2 Å². The van der Waals surface area contributed by atoms with E-state index in [1.54, 1.807) is 6.92 Å². The third kappa shape index (κ3) is 43.9. The molecule has 68 heavy (non-hydrogen) atoms. The molecular weight excluding hydrogens is 841 g/mol. The van der Waals surface area contributed by atoms with Crippen LogP contribution in [0.5, 0.6) is 0 Å². The molecule has 8 heteroatoms. The molecule has 0 radical (unpaired) electrons. The van der Waals surface area contributed by atoms with E-state index < -0.39 is 0 Å². The summed E-state index contributed by atoms with van der Waals surface area (Å²) < 4.78 is 12.2. The zero-order valence-electron chi connectivity index (χ0n) is 46.6. The van der Waals surface area contributed by atoms with Crippen molar-refractivity contribution in [1.82, 2.24) is 4.90 Å². The number of carbonyl (C=O) groups excluding carboxylic acids is 2. The van der Waals surface area contributed by atoms with Crippen molar-refractivity contribution in [2.45, 2.75) is 317 Å². The van der Waals surface area contributed by atoms with Crippen LogP contribution < -0.4 is 5.84 Å². The maximum Gasteiger partial charge on any atom is 0.306 e. The summed E-state index contributed by atoms with van der Waals surface area (Å²) in [4.78, 5) is 31.5. The Balaban J connectivity index is 0.00000236. The Hall–Kier alpha value is -2.06. The van der Waals surface area contributed by atoms with Crippen LogP contribution in [-0.4, -0.2) is 73.1 Å². The van der Waals surface area contributed by atoms with E-state index in [0.717, 1.165) is 127 Å². The number of esters is 1. The van der Waals surface area contributed by atoms with Gasteiger partial charge in [-0.3, -0.25) is 14.7 Å². The summed E-state index contributed by atoms with van der Waals surface area (Å²) in [5.74, 6) is 7.06. The molecule has 0 bridgehead atoms. The van der Waals surface area contributed by atoms with Gasteiger partial charge >= 0.3 is 5.97 Å². The van der Waals surface area contributed by atoms with Crippen LogP contribution in [0.2, 0.25) is 0 Å². The van der Waals surface area contributed by atoms with Crippen molar-refractivity contribution in [2.24, 2.45) is 21.9 Å². The van der Waals surface area contributed by atoms with Crippen LogP contribution in [0.15, 0.2) is 22.2 Å². The van der Waals surface area contributed by atoms with Crippen molar-refractivity contribution >= 4 is 23.7 Å². The molecule has 1 aliphatic heterocycles. The molecule has 0 aromatic carbocycles. The number of hydrazone groups is 1. The fraction of sp³-hybridized carbons (Fsp3) is 0.900. The predicted octanol–water partition coefficient (Wildman–Crippen LogP) is 17.4. The van der Waals surface area contributed by atoms with Crippen LogP contribution in [0, 0.1) is 5.92 Å². The highest BCUT2D eigenvalue weighted by atomic mass is 16.5. The first-order chi connectivity index (χ1) is 33.2. The van der Waals surface area contributed by atoms with Gasteiger partial charge in [-0.1, -0.05) is 207 Å². The zero-order chi connectivity index (χ0) is 50.1. The average Bonchev–Trinajstić information content (AvgIpc) is 4.08. The minimum atomic E-state index is 0.00584. The lowest BCUT2D eigenvalue weighted by Gasteiger charge is -2.24. The molecule has 1 saturated heterocycles. The number of unbranched alkanes of at least 4 members (excludes halogenated alkanes) is 24. The molecule has 8 nitrogen and oxygen atoms in total. The third-order valence-corrected chi connectivity index (χ3v) is 13.8. The molecule has 0 aromatic rings. The van der Waals surface area contributed by atoms with E-state index in [-0.39, 0.29) is 23.9 Å². The van der Waals surface area contributed by atoms with E-state index in [1.165, 1.54) is 154 Å². The van der Waals surface area contributed by atoms with Gasteiger partial charge in [-0.05, 0) is 96.9 Å². The number of nitrogens with two attached hydrogens (primary N) is 1. The highest BCUT2D eigenvalue weighted by molar-refractivity contribution is 6.30. The van der Waals surface area contributed by atoms with Crippen molar-refractivity contribution in [3.05, 3.63) is 12.2 Å². The molecule has 1 saturated carbocycles. The van der Waals surface area contributed by atoms with Crippen molar-refractivity contribution < 1.29 is 19.1 Å². The molecule has 2 aliphatic rings. The molecule has 0 amide bonds. The van der Waals surface area contributed by atoms with Crippen LogP contribution in [0.25, 0.3) is 0 Å². The summed E-state index contributed by atoms with van der Waals surface area (Å²) >= 11 is 0. The minimum Gasteiger partial charge on any atom is -0.462 e. The van der Waals surface area contributed by atoms with E-state index in [1.807, 2.05) is 27.0 Å². The Labute approximate surface area is 423 Å². The van der Waals surface area contributed by atoms with Crippen molar-refractivity contribution in [3.63, 3.8) is 0 Å². The molecule has 0 aromatic heterocycles. The molecule has 2 fully saturated rings. The summed E-state index contributed by atoms with van der Waals surface area (Å²) in [6.45, 7) is 21.9. The largest absolute Gasteiger partial charge is 0.462 e. The van der Waals surface area contributed by atoms with E-state index >= 15 is 0 Å². The second-order valence-electron chi connectivity index (χ2n) is 20.8. The first kappa shape index (κ1) is 65.9. The van der Waals surface area contributed by atoms with Gasteiger partial charge in [0.2, 0.25) is 0 Å². The van der Waals surface area contributed by atoms with E-state index in [9.17, 15) is 9.59 Å². The number of allylic oxidation sites excluding steroid dienone is 1. The standard InChI is InChI=1S/C44H82N4O4.C14H28.C2H6/c1-6-8-10-12-15-21-27-43(28-22-16-13-11-9-7-2)52-44(50)29-23-17-14-18-25-33-51-37-42-34-41(46-35-40(47-45)31-30-38(3)4)36-48(42)32-24-19-20-26-39(5)49;1-2-3-4-5-6-7-8-9-10-11-14-12-13-14;1-2/h35,41-43H,3,6-34,36-37,45H2,1-2,4-5H3;14H,2-13H2,1H3;1-2H3/b46-35?,47-40-;;/t41-,42-;;/m0../s1. The number of Topliss-reactive ketones (excluding diaryl/α,β-unsaturated/α-hetero) is 1. The summed E-state index contributed by atoms with van der Waals surface area (Å²) in [5, 5.41) is 3.94. The first-order valence-electron chi connectivity index (χ1n) is 29.7. The van der Waals surface area contributed by atoms with E-state index in [4.69, 9.17) is 20.3 Å². The Kier molecular flexibility index (Phi) is 48.4. The maximum absolute atomic E-state index is 12.7. The first-order valence-corrected chi connectivity index (χ1v) is 29.7. The average molecular weight is 958 g/mol. The van der Waals surface area contributed by atoms with Gasteiger partial charge in [0.05, 0.1) is 18.4 Å². The molecule has 2 N–H and O–H groups in total. The van der Waals surface area contributed by atoms with Crippen molar-refractivity contribution in [2.75, 3.05) is 26.3 Å². The zero-order valence-corrected chi connectivity index (χ0v) is 46.6. The summed E-state index contributed by atoms with van der Waals surface area (Å²) in [6, 6.07) is 0.557. The normalized spacial score (nSPS) is 16.2. The molecule has 0 unspecified atom stereocenters. The Bertz CT molecular complexity index is 1190. The number of aliphatic imine (C=N–C) groups is 1. The van der Waals surface area contributed by atoms with Crippen LogP contribution in [0.3, 0.4) is 0 Å². The second kappa shape index (κ2) is 49.9. The van der Waals surface area contributed by atoms with E-state index in [2.05, 4.69) is 37.4 Å². The quantitative estimate of drug-likeness (QED) is 0.0163. The summed E-state index contributed by atoms with van der Waals surface area (Å²) in [5.41, 5.74) is 1.93. The molecular formula is C60H116N4O4. The third-order valence-electron chi connectivity index (χ3n) is 13.8. The van der Waals surface area contributed by atoms with Gasteiger partial charge < -0.3 is 20.1 Å². The molecule has 400 valence electrons. The number of nitrogens with zero attached hydrogens (tertiary/aromatic N) is 3. The van der Waals surface area contributed by atoms with Gasteiger partial charge in [-0.25, -0.2) is 0 Å². The minimum absolute atomic E-state index is 0.00584. The van der Waals surface area contributed by atoms with Crippen molar-refractivity contribution in [1.29, 1.82) is 0 Å². The monoisotopic (exact) mass is 957 g/mol. The number of likely N-dealkylation sites (tertiary alicyclic amines) is 1. The van der Waals surface area contributed by atoms with Crippen LogP contribution in [0.4, 0.5) is 0 Å². The molecule has 1 aliphatic carbocycles. The lowest BCUT2D eigenvalue weighted by Crippen LogP contribution is -2.34. The SMILES string of the molecule is C=C(C)CC/C(C=N[C@H]1C[C@@H](COCCCCCCCC(=O)OC(CCCCCCCC)CCCCCCCC)N(CCCCCC(C)=O)C1)=N/N.CC.CCCCCCCCCCCC1CC1. The predicted molar refractivity (Wildman–Crippen MR) is 297 cm³/mol. The van der Waals surface area contributed by atoms with Crippen LogP contribution >= 0.6 is 0 Å². The van der Waals surface area contributed by atoms with E-state index in [0.29, 0.717) is 18.9 Å². The van der Waals surface area contributed by atoms with Crippen LogP contribution in [-0.2, 0) is 19.1 Å². The summed E-state index contributed by atoms with van der Waals surface area (Å²) in [7, 11) is 0. The lowest BCUT2D eigenvalue weighted by molar-refractivity contribution is -0.150. The second-order valence-corrected chi connectivity index (χ2v) is 20.8. The number of rotatable bonds is 46. The fourth-order valence-electron chi connectivity index (χ4n) is 9.26. The number of ether oxygens (including phenoxy) is 2. The van der Waals surface area contributed by atoms with Gasteiger partial charge in [-0.2, -0.15) is 5.10 Å². The Morgan fingerprint density at radius 1 is 0.647 bits per heavy atom. The Morgan fingerprint density at radius 3 is 1.68 bits per heavy atom. The van der Waals surface area contributed by atoms with Gasteiger partial charge in [-0.15, -0.1) is 6.58 Å². The molecule has 2 atom stereocenters. The van der Waals surface area contributed by atoms with Gasteiger partial charge in [0.15, 0.2) is 0 Å². The molecule has 1 heterocycles. The van der Waals surface area contributed by atoms with Gasteiger partial charge in [0.1, 0.15) is 11.9 Å². The topological polar surface area (TPSA) is 107 Å². The number of hydrogen-bond donors (Lipinski definition) is 1. The highest BCUT2D eigenvalue weighted by Gasteiger charge is 2.31.